The zero-order valence-electron chi connectivity index (χ0n) is 12.7. The molecule has 7 heteroatoms. The maximum atomic E-state index is 12.2. The molecule has 0 aliphatic carbocycles. The molecule has 0 aromatic carbocycles. The number of imidazole rings is 1. The zero-order valence-corrected chi connectivity index (χ0v) is 12.7. The van der Waals surface area contributed by atoms with Gasteiger partial charge in [0.2, 0.25) is 5.91 Å². The summed E-state index contributed by atoms with van der Waals surface area (Å²) in [6.07, 6.45) is 7.97. The van der Waals surface area contributed by atoms with Crippen molar-refractivity contribution in [2.45, 2.75) is 38.6 Å². The summed E-state index contributed by atoms with van der Waals surface area (Å²) in [7, 11) is 0. The Morgan fingerprint density at radius 3 is 2.86 bits per heavy atom. The molecule has 0 saturated carbocycles. The summed E-state index contributed by atoms with van der Waals surface area (Å²) < 4.78 is 0. The number of nitrogens with zero attached hydrogens (tertiary/aromatic N) is 2. The molecule has 0 radical (unpaired) electrons. The van der Waals surface area contributed by atoms with E-state index in [-0.39, 0.29) is 17.4 Å². The van der Waals surface area contributed by atoms with Gasteiger partial charge in [-0.25, -0.2) is 9.78 Å². The number of piperidine rings is 1. The van der Waals surface area contributed by atoms with Crippen molar-refractivity contribution in [1.82, 2.24) is 25.5 Å². The average molecular weight is 305 g/mol. The number of rotatable bonds is 2. The fourth-order valence-electron chi connectivity index (χ4n) is 3.41. The quantitative estimate of drug-likeness (QED) is 0.761. The molecule has 7 nitrogen and oxygen atoms in total. The number of carbonyl (C=O) groups excluding carboxylic acids is 2. The van der Waals surface area contributed by atoms with Crippen molar-refractivity contribution in [3.05, 3.63) is 18.2 Å². The molecule has 120 valence electrons. The molecular formula is C15H23N5O2. The molecule has 3 amide bonds. The number of nitrogens with one attached hydrogen (secondary N) is 3. The Labute approximate surface area is 129 Å². The van der Waals surface area contributed by atoms with Crippen LogP contribution < -0.4 is 10.6 Å². The molecule has 3 N–H and O–H groups in total. The van der Waals surface area contributed by atoms with Crippen LogP contribution in [0.25, 0.3) is 0 Å². The molecule has 2 fully saturated rings. The van der Waals surface area contributed by atoms with Crippen LogP contribution in [0.4, 0.5) is 4.79 Å². The lowest BCUT2D eigenvalue weighted by Gasteiger charge is -2.41. The first-order valence-electron chi connectivity index (χ1n) is 7.95. The first kappa shape index (κ1) is 14.9. The molecule has 0 bridgehead atoms. The van der Waals surface area contributed by atoms with Crippen molar-refractivity contribution in [3.8, 4) is 0 Å². The highest BCUT2D eigenvalue weighted by Crippen LogP contribution is 2.40. The summed E-state index contributed by atoms with van der Waals surface area (Å²) >= 11 is 0. The normalized spacial score (nSPS) is 21.3. The van der Waals surface area contributed by atoms with E-state index in [2.05, 4.69) is 20.6 Å². The van der Waals surface area contributed by atoms with Crippen LogP contribution in [-0.4, -0.2) is 46.4 Å². The lowest BCUT2D eigenvalue weighted by atomic mass is 9.73. The maximum Gasteiger partial charge on any atom is 0.317 e. The summed E-state index contributed by atoms with van der Waals surface area (Å²) in [5, 5.41) is 5.84. The van der Waals surface area contributed by atoms with E-state index in [1.165, 1.54) is 0 Å². The van der Waals surface area contributed by atoms with Crippen LogP contribution in [0.15, 0.2) is 12.4 Å². The third-order valence-corrected chi connectivity index (χ3v) is 4.93. The van der Waals surface area contributed by atoms with Gasteiger partial charge >= 0.3 is 6.03 Å². The Hall–Kier alpha value is -2.05. The molecule has 2 aliphatic rings. The van der Waals surface area contributed by atoms with Crippen molar-refractivity contribution in [1.29, 1.82) is 0 Å². The third kappa shape index (κ3) is 3.40. The molecular weight excluding hydrogens is 282 g/mol. The van der Waals surface area contributed by atoms with Crippen molar-refractivity contribution < 1.29 is 9.59 Å². The molecule has 2 aliphatic heterocycles. The second-order valence-corrected chi connectivity index (χ2v) is 6.28. The van der Waals surface area contributed by atoms with Crippen molar-refractivity contribution in [3.63, 3.8) is 0 Å². The Morgan fingerprint density at radius 1 is 1.32 bits per heavy atom. The topological polar surface area (TPSA) is 90.1 Å². The Balaban J connectivity index is 1.48. The van der Waals surface area contributed by atoms with Gasteiger partial charge in [-0.2, -0.15) is 0 Å². The van der Waals surface area contributed by atoms with Crippen LogP contribution in [-0.2, 0) is 11.3 Å². The lowest BCUT2D eigenvalue weighted by molar-refractivity contribution is -0.121. The monoisotopic (exact) mass is 305 g/mol. The van der Waals surface area contributed by atoms with Crippen molar-refractivity contribution in [2.24, 2.45) is 5.41 Å². The average Bonchev–Trinajstić information content (AvgIpc) is 2.99. The molecule has 0 unspecified atom stereocenters. The van der Waals surface area contributed by atoms with Gasteiger partial charge in [-0.05, 0) is 31.1 Å². The Kier molecular flexibility index (Phi) is 4.31. The molecule has 3 heterocycles. The van der Waals surface area contributed by atoms with Gasteiger partial charge in [0.25, 0.3) is 0 Å². The van der Waals surface area contributed by atoms with Crippen LogP contribution in [0.3, 0.4) is 0 Å². The number of urea groups is 1. The number of aromatic amines is 1. The van der Waals surface area contributed by atoms with E-state index in [0.717, 1.165) is 51.1 Å². The summed E-state index contributed by atoms with van der Waals surface area (Å²) in [6.45, 7) is 2.71. The number of aromatic nitrogens is 2. The standard InChI is InChI=1S/C15H23N5O2/c21-13-1-2-15(3-6-18-13)4-9-20(10-5-15)14(22)19-11-12-16-7-8-17-12/h7-8H,1-6,9-11H2,(H,16,17)(H,18,21)(H,19,22). The van der Waals surface area contributed by atoms with Gasteiger partial charge in [0.05, 0.1) is 6.54 Å². The number of hydrogen-bond acceptors (Lipinski definition) is 3. The minimum Gasteiger partial charge on any atom is -0.356 e. The maximum absolute atomic E-state index is 12.2. The van der Waals surface area contributed by atoms with Crippen molar-refractivity contribution in [2.75, 3.05) is 19.6 Å². The highest BCUT2D eigenvalue weighted by molar-refractivity contribution is 5.76. The van der Waals surface area contributed by atoms with E-state index in [4.69, 9.17) is 0 Å². The highest BCUT2D eigenvalue weighted by atomic mass is 16.2. The molecule has 22 heavy (non-hydrogen) atoms. The Bertz CT molecular complexity index is 520. The number of carbonyl (C=O) groups is 2. The largest absolute Gasteiger partial charge is 0.356 e. The predicted molar refractivity (Wildman–Crippen MR) is 80.9 cm³/mol. The molecule has 3 rings (SSSR count). The highest BCUT2D eigenvalue weighted by Gasteiger charge is 2.37. The fraction of sp³-hybridized carbons (Fsp3) is 0.667. The van der Waals surface area contributed by atoms with E-state index in [1.807, 2.05) is 4.90 Å². The van der Waals surface area contributed by atoms with Gasteiger partial charge in [-0.15, -0.1) is 0 Å². The van der Waals surface area contributed by atoms with Gasteiger partial charge in [0.1, 0.15) is 5.82 Å². The van der Waals surface area contributed by atoms with Gasteiger partial charge in [-0.1, -0.05) is 0 Å². The first-order chi connectivity index (χ1) is 10.7. The molecule has 0 atom stereocenters. The van der Waals surface area contributed by atoms with Gasteiger partial charge in [-0.3, -0.25) is 4.79 Å². The number of amides is 3. The van der Waals surface area contributed by atoms with Crippen LogP contribution in [0.5, 0.6) is 0 Å². The summed E-state index contributed by atoms with van der Waals surface area (Å²) in [5.74, 6) is 0.922. The third-order valence-electron chi connectivity index (χ3n) is 4.93. The van der Waals surface area contributed by atoms with E-state index in [0.29, 0.717) is 13.0 Å². The molecule has 2 saturated heterocycles. The molecule has 1 aromatic heterocycles. The van der Waals surface area contributed by atoms with Crippen LogP contribution >= 0.6 is 0 Å². The van der Waals surface area contributed by atoms with E-state index in [1.54, 1.807) is 12.4 Å². The van der Waals surface area contributed by atoms with Gasteiger partial charge < -0.3 is 20.5 Å². The fourth-order valence-corrected chi connectivity index (χ4v) is 3.41. The number of H-pyrrole nitrogens is 1. The van der Waals surface area contributed by atoms with Gasteiger partial charge in [0.15, 0.2) is 0 Å². The second kappa shape index (κ2) is 6.37. The summed E-state index contributed by atoms with van der Waals surface area (Å²) in [4.78, 5) is 32.6. The SMILES string of the molecule is O=C1CCC2(CCN1)CCN(C(=O)NCc1ncc[nH]1)CC2. The van der Waals surface area contributed by atoms with Crippen molar-refractivity contribution >= 4 is 11.9 Å². The van der Waals surface area contributed by atoms with E-state index < -0.39 is 0 Å². The second-order valence-electron chi connectivity index (χ2n) is 6.28. The number of likely N-dealkylation sites (tertiary alicyclic amines) is 1. The minimum absolute atomic E-state index is 0.0333. The Morgan fingerprint density at radius 2 is 2.14 bits per heavy atom. The van der Waals surface area contributed by atoms with Crippen LogP contribution in [0, 0.1) is 5.41 Å². The van der Waals surface area contributed by atoms with Crippen LogP contribution in [0.1, 0.15) is 37.9 Å². The first-order valence-corrected chi connectivity index (χ1v) is 7.95. The zero-order chi connectivity index (χ0) is 15.4. The van der Waals surface area contributed by atoms with E-state index >= 15 is 0 Å². The van der Waals surface area contributed by atoms with Crippen LogP contribution in [0.2, 0.25) is 0 Å². The lowest BCUT2D eigenvalue weighted by Crippen LogP contribution is -2.47. The predicted octanol–water partition coefficient (Wildman–Crippen LogP) is 1.00. The molecule has 1 spiro atoms. The molecule has 1 aromatic rings. The summed E-state index contributed by atoms with van der Waals surface area (Å²) in [6, 6.07) is -0.0333. The number of hydrogen-bond donors (Lipinski definition) is 3. The summed E-state index contributed by atoms with van der Waals surface area (Å²) in [5.41, 5.74) is 0.233. The van der Waals surface area contributed by atoms with E-state index in [9.17, 15) is 9.59 Å². The smallest absolute Gasteiger partial charge is 0.317 e. The minimum atomic E-state index is -0.0333. The van der Waals surface area contributed by atoms with Gasteiger partial charge in [0, 0.05) is 38.4 Å².